The van der Waals surface area contributed by atoms with Crippen LogP contribution in [0.3, 0.4) is 0 Å². The van der Waals surface area contributed by atoms with Crippen LogP contribution in [0.25, 0.3) is 0 Å². The summed E-state index contributed by atoms with van der Waals surface area (Å²) in [6.07, 6.45) is 0.942. The van der Waals surface area contributed by atoms with Gasteiger partial charge >= 0.3 is 0 Å². The third kappa shape index (κ3) is 4.29. The zero-order chi connectivity index (χ0) is 18.5. The van der Waals surface area contributed by atoms with Gasteiger partial charge in [0.2, 0.25) is 0 Å². The highest BCUT2D eigenvalue weighted by Gasteiger charge is 2.15. The van der Waals surface area contributed by atoms with Gasteiger partial charge in [0.15, 0.2) is 5.13 Å². The van der Waals surface area contributed by atoms with Gasteiger partial charge in [-0.05, 0) is 37.5 Å². The molecule has 2 N–H and O–H groups in total. The van der Waals surface area contributed by atoms with Crippen molar-refractivity contribution in [2.24, 2.45) is 0 Å². The summed E-state index contributed by atoms with van der Waals surface area (Å²) in [4.78, 5) is 17.7. The van der Waals surface area contributed by atoms with Crippen LogP contribution < -0.4 is 10.6 Å². The van der Waals surface area contributed by atoms with E-state index >= 15 is 0 Å². The standard InChI is InChI=1S/C21H23N3OS/c1-4-17-7-5-6-8-18(17)24-21-23-15(3)19(26-21)20(25)22-13-16-11-9-14(2)10-12-16/h5-12H,4,13H2,1-3H3,(H,22,25)(H,23,24). The number of rotatable bonds is 6. The molecule has 1 amide bonds. The Hall–Kier alpha value is -2.66. The van der Waals surface area contributed by atoms with Gasteiger partial charge in [-0.2, -0.15) is 0 Å². The van der Waals surface area contributed by atoms with E-state index in [0.717, 1.165) is 28.5 Å². The maximum Gasteiger partial charge on any atom is 0.263 e. The van der Waals surface area contributed by atoms with Gasteiger partial charge in [-0.15, -0.1) is 0 Å². The molecule has 134 valence electrons. The minimum Gasteiger partial charge on any atom is -0.347 e. The first kappa shape index (κ1) is 18.1. The first-order valence-corrected chi connectivity index (χ1v) is 9.54. The van der Waals surface area contributed by atoms with Crippen LogP contribution in [-0.4, -0.2) is 10.9 Å². The van der Waals surface area contributed by atoms with Crippen molar-refractivity contribution in [3.8, 4) is 0 Å². The molecule has 0 aliphatic heterocycles. The molecule has 5 heteroatoms. The number of nitrogens with zero attached hydrogens (tertiary/aromatic N) is 1. The average molecular weight is 366 g/mol. The van der Waals surface area contributed by atoms with Crippen molar-refractivity contribution in [3.63, 3.8) is 0 Å². The Balaban J connectivity index is 1.69. The lowest BCUT2D eigenvalue weighted by atomic mass is 10.1. The topological polar surface area (TPSA) is 54.0 Å². The summed E-state index contributed by atoms with van der Waals surface area (Å²) in [6.45, 7) is 6.55. The van der Waals surface area contributed by atoms with Crippen LogP contribution in [0.4, 0.5) is 10.8 Å². The van der Waals surface area contributed by atoms with Gasteiger partial charge in [-0.3, -0.25) is 4.79 Å². The Morgan fingerprint density at radius 1 is 1.08 bits per heavy atom. The van der Waals surface area contributed by atoms with E-state index in [1.807, 2.05) is 56.3 Å². The molecule has 0 atom stereocenters. The molecule has 2 aromatic carbocycles. The minimum atomic E-state index is -0.0857. The van der Waals surface area contributed by atoms with E-state index in [9.17, 15) is 4.79 Å². The Kier molecular flexibility index (Phi) is 5.68. The predicted octanol–water partition coefficient (Wildman–Crippen LogP) is 5.00. The van der Waals surface area contributed by atoms with Crippen molar-refractivity contribution in [2.45, 2.75) is 33.7 Å². The van der Waals surface area contributed by atoms with E-state index in [1.54, 1.807) is 0 Å². The van der Waals surface area contributed by atoms with Crippen LogP contribution >= 0.6 is 11.3 Å². The number of amides is 1. The lowest BCUT2D eigenvalue weighted by Crippen LogP contribution is -2.22. The average Bonchev–Trinajstić information content (AvgIpc) is 3.02. The number of hydrogen-bond donors (Lipinski definition) is 2. The van der Waals surface area contributed by atoms with Gasteiger partial charge in [-0.25, -0.2) is 4.98 Å². The molecule has 26 heavy (non-hydrogen) atoms. The second-order valence-corrected chi connectivity index (χ2v) is 7.24. The summed E-state index contributed by atoms with van der Waals surface area (Å²) in [7, 11) is 0. The molecule has 1 aromatic heterocycles. The molecule has 0 fully saturated rings. The Labute approximate surface area is 158 Å². The maximum absolute atomic E-state index is 12.5. The zero-order valence-corrected chi connectivity index (χ0v) is 16.1. The van der Waals surface area contributed by atoms with E-state index in [4.69, 9.17) is 0 Å². The number of carbonyl (C=O) groups excluding carboxylic acids is 1. The van der Waals surface area contributed by atoms with Crippen LogP contribution in [-0.2, 0) is 13.0 Å². The molecular weight excluding hydrogens is 342 g/mol. The van der Waals surface area contributed by atoms with E-state index in [2.05, 4.69) is 28.6 Å². The van der Waals surface area contributed by atoms with Gasteiger partial charge in [-0.1, -0.05) is 66.3 Å². The molecule has 0 saturated carbocycles. The van der Waals surface area contributed by atoms with Crippen molar-refractivity contribution < 1.29 is 4.79 Å². The fourth-order valence-electron chi connectivity index (χ4n) is 2.69. The predicted molar refractivity (Wildman–Crippen MR) is 108 cm³/mol. The lowest BCUT2D eigenvalue weighted by Gasteiger charge is -2.07. The van der Waals surface area contributed by atoms with E-state index < -0.39 is 0 Å². The van der Waals surface area contributed by atoms with Crippen molar-refractivity contribution in [2.75, 3.05) is 5.32 Å². The number of nitrogens with one attached hydrogen (secondary N) is 2. The summed E-state index contributed by atoms with van der Waals surface area (Å²) in [5.74, 6) is -0.0857. The van der Waals surface area contributed by atoms with Gasteiger partial charge in [0.05, 0.1) is 5.69 Å². The second-order valence-electron chi connectivity index (χ2n) is 6.24. The zero-order valence-electron chi connectivity index (χ0n) is 15.3. The largest absolute Gasteiger partial charge is 0.347 e. The first-order valence-electron chi connectivity index (χ1n) is 8.73. The lowest BCUT2D eigenvalue weighted by molar-refractivity contribution is 0.0954. The highest BCUT2D eigenvalue weighted by molar-refractivity contribution is 7.17. The maximum atomic E-state index is 12.5. The van der Waals surface area contributed by atoms with Crippen molar-refractivity contribution in [3.05, 3.63) is 75.8 Å². The molecule has 4 nitrogen and oxygen atoms in total. The van der Waals surface area contributed by atoms with Crippen LogP contribution in [0.1, 0.15) is 39.0 Å². The molecule has 0 spiro atoms. The molecular formula is C21H23N3OS. The van der Waals surface area contributed by atoms with Gasteiger partial charge < -0.3 is 10.6 Å². The van der Waals surface area contributed by atoms with E-state index in [0.29, 0.717) is 11.4 Å². The number of aromatic nitrogens is 1. The number of anilines is 2. The summed E-state index contributed by atoms with van der Waals surface area (Å²) in [6, 6.07) is 16.3. The molecule has 3 aromatic rings. The Bertz CT molecular complexity index is 900. The summed E-state index contributed by atoms with van der Waals surface area (Å²) >= 11 is 1.38. The van der Waals surface area contributed by atoms with Crippen molar-refractivity contribution >= 4 is 28.1 Å². The third-order valence-corrected chi connectivity index (χ3v) is 5.29. The quantitative estimate of drug-likeness (QED) is 0.646. The number of hydrogen-bond acceptors (Lipinski definition) is 4. The number of aryl methyl sites for hydroxylation is 3. The summed E-state index contributed by atoms with van der Waals surface area (Å²) in [5, 5.41) is 7.07. The normalized spacial score (nSPS) is 10.6. The monoisotopic (exact) mass is 365 g/mol. The molecule has 0 bridgehead atoms. The third-order valence-electron chi connectivity index (χ3n) is 4.22. The van der Waals surface area contributed by atoms with Crippen LogP contribution in [0.5, 0.6) is 0 Å². The first-order chi connectivity index (χ1) is 12.6. The number of para-hydroxylation sites is 1. The highest BCUT2D eigenvalue weighted by Crippen LogP contribution is 2.27. The van der Waals surface area contributed by atoms with Crippen molar-refractivity contribution in [1.29, 1.82) is 0 Å². The summed E-state index contributed by atoms with van der Waals surface area (Å²) < 4.78 is 0. The molecule has 0 aliphatic carbocycles. The van der Waals surface area contributed by atoms with Crippen LogP contribution in [0.2, 0.25) is 0 Å². The van der Waals surface area contributed by atoms with E-state index in [-0.39, 0.29) is 5.91 Å². The molecule has 1 heterocycles. The Morgan fingerprint density at radius 2 is 1.81 bits per heavy atom. The summed E-state index contributed by atoms with van der Waals surface area (Å²) in [5.41, 5.74) is 5.30. The molecule has 3 rings (SSSR count). The van der Waals surface area contributed by atoms with Gasteiger partial charge in [0, 0.05) is 12.2 Å². The molecule has 0 saturated heterocycles. The Morgan fingerprint density at radius 3 is 2.54 bits per heavy atom. The fourth-order valence-corrected chi connectivity index (χ4v) is 3.59. The number of benzene rings is 2. The highest BCUT2D eigenvalue weighted by atomic mass is 32.1. The minimum absolute atomic E-state index is 0.0857. The molecule has 0 unspecified atom stereocenters. The molecule has 0 aliphatic rings. The second kappa shape index (κ2) is 8.15. The molecule has 0 radical (unpaired) electrons. The van der Waals surface area contributed by atoms with E-state index in [1.165, 1.54) is 22.5 Å². The van der Waals surface area contributed by atoms with Crippen molar-refractivity contribution in [1.82, 2.24) is 10.3 Å². The van der Waals surface area contributed by atoms with Crippen LogP contribution in [0.15, 0.2) is 48.5 Å². The van der Waals surface area contributed by atoms with Gasteiger partial charge in [0.25, 0.3) is 5.91 Å². The SMILES string of the molecule is CCc1ccccc1Nc1nc(C)c(C(=O)NCc2ccc(C)cc2)s1. The van der Waals surface area contributed by atoms with Crippen LogP contribution in [0, 0.1) is 13.8 Å². The number of carbonyl (C=O) groups is 1. The number of thiazole rings is 1. The fraction of sp³-hybridized carbons (Fsp3) is 0.238. The smallest absolute Gasteiger partial charge is 0.263 e. The van der Waals surface area contributed by atoms with Gasteiger partial charge in [0.1, 0.15) is 4.88 Å².